The maximum Gasteiger partial charge on any atom is 0.422 e. The molecule has 2 nitrogen and oxygen atoms in total. The average Bonchev–Trinajstić information content (AvgIpc) is 2.37. The highest BCUT2D eigenvalue weighted by Crippen LogP contribution is 2.30. The summed E-state index contributed by atoms with van der Waals surface area (Å²) in [6.45, 7) is -1.34. The zero-order chi connectivity index (χ0) is 14.8. The Balaban J connectivity index is 2.19. The Bertz CT molecular complexity index is 596. The van der Waals surface area contributed by atoms with E-state index in [0.29, 0.717) is 16.3 Å². The van der Waals surface area contributed by atoms with Crippen LogP contribution in [0.5, 0.6) is 5.75 Å². The van der Waals surface area contributed by atoms with Crippen LogP contribution in [0.2, 0.25) is 5.02 Å². The minimum Gasteiger partial charge on any atom is -0.484 e. The Kier molecular flexibility index (Phi) is 4.09. The van der Waals surface area contributed by atoms with E-state index in [1.165, 1.54) is 12.1 Å². The van der Waals surface area contributed by atoms with Crippen LogP contribution < -0.4 is 10.5 Å². The van der Waals surface area contributed by atoms with Gasteiger partial charge in [-0.15, -0.1) is 0 Å². The molecule has 0 aromatic heterocycles. The van der Waals surface area contributed by atoms with Crippen molar-refractivity contribution >= 4 is 17.3 Å². The topological polar surface area (TPSA) is 35.2 Å². The molecule has 2 aromatic carbocycles. The van der Waals surface area contributed by atoms with Crippen LogP contribution in [-0.2, 0) is 0 Å². The number of nitrogen functional groups attached to an aromatic ring is 1. The molecule has 0 unspecified atom stereocenters. The fourth-order valence-electron chi connectivity index (χ4n) is 1.69. The van der Waals surface area contributed by atoms with Crippen molar-refractivity contribution in [2.24, 2.45) is 0 Å². The second-order valence-electron chi connectivity index (χ2n) is 4.16. The summed E-state index contributed by atoms with van der Waals surface area (Å²) in [7, 11) is 0. The third kappa shape index (κ3) is 3.81. The first kappa shape index (κ1) is 14.5. The Hall–Kier alpha value is -1.88. The maximum atomic E-state index is 12.1. The summed E-state index contributed by atoms with van der Waals surface area (Å²) < 4.78 is 40.8. The second-order valence-corrected chi connectivity index (χ2v) is 4.60. The SMILES string of the molecule is Nc1cc(OCC(F)(F)F)ccc1-c1ccc(Cl)cc1. The molecule has 0 aliphatic carbocycles. The molecule has 0 atom stereocenters. The molecule has 0 radical (unpaired) electrons. The summed E-state index contributed by atoms with van der Waals surface area (Å²) in [6.07, 6.45) is -4.37. The normalized spacial score (nSPS) is 11.4. The third-order valence-corrected chi connectivity index (χ3v) is 2.83. The summed E-state index contributed by atoms with van der Waals surface area (Å²) in [4.78, 5) is 0. The van der Waals surface area contributed by atoms with Crippen molar-refractivity contribution < 1.29 is 17.9 Å². The first-order valence-corrected chi connectivity index (χ1v) is 6.08. The minimum absolute atomic E-state index is 0.0811. The highest BCUT2D eigenvalue weighted by molar-refractivity contribution is 6.30. The Morgan fingerprint density at radius 1 is 1.05 bits per heavy atom. The lowest BCUT2D eigenvalue weighted by molar-refractivity contribution is -0.153. The standard InChI is InChI=1S/C14H11ClF3NO/c15-10-3-1-9(2-4-10)12-6-5-11(7-13(12)19)20-8-14(16,17)18/h1-7H,8,19H2. The lowest BCUT2D eigenvalue weighted by atomic mass is 10.0. The molecule has 0 fully saturated rings. The highest BCUT2D eigenvalue weighted by atomic mass is 35.5. The quantitative estimate of drug-likeness (QED) is 0.845. The Labute approximate surface area is 118 Å². The van der Waals surface area contributed by atoms with Gasteiger partial charge in [0.15, 0.2) is 6.61 Å². The summed E-state index contributed by atoms with van der Waals surface area (Å²) in [5, 5.41) is 0.595. The van der Waals surface area contributed by atoms with Gasteiger partial charge in [-0.25, -0.2) is 0 Å². The number of halogens is 4. The summed E-state index contributed by atoms with van der Waals surface area (Å²) >= 11 is 5.79. The monoisotopic (exact) mass is 301 g/mol. The van der Waals surface area contributed by atoms with Crippen LogP contribution in [0.15, 0.2) is 42.5 Å². The van der Waals surface area contributed by atoms with Gasteiger partial charge in [0, 0.05) is 22.3 Å². The molecule has 2 aromatic rings. The largest absolute Gasteiger partial charge is 0.484 e. The molecule has 2 rings (SSSR count). The zero-order valence-electron chi connectivity index (χ0n) is 10.2. The van der Waals surface area contributed by atoms with Gasteiger partial charge >= 0.3 is 6.18 Å². The molecule has 106 valence electrons. The first-order chi connectivity index (χ1) is 9.35. The van der Waals surface area contributed by atoms with Crippen molar-refractivity contribution in [3.05, 3.63) is 47.5 Å². The van der Waals surface area contributed by atoms with E-state index in [2.05, 4.69) is 4.74 Å². The van der Waals surface area contributed by atoms with Gasteiger partial charge in [0.1, 0.15) is 5.75 Å². The molecule has 0 aliphatic heterocycles. The fraction of sp³-hybridized carbons (Fsp3) is 0.143. The van der Waals surface area contributed by atoms with Crippen LogP contribution in [0.4, 0.5) is 18.9 Å². The summed E-state index contributed by atoms with van der Waals surface area (Å²) in [6, 6.07) is 11.4. The second kappa shape index (κ2) is 5.63. The van der Waals surface area contributed by atoms with Gasteiger partial charge in [-0.1, -0.05) is 23.7 Å². The lowest BCUT2D eigenvalue weighted by Gasteiger charge is -2.11. The predicted octanol–water partition coefficient (Wildman–Crippen LogP) is 4.53. The number of ether oxygens (including phenoxy) is 1. The molecule has 0 saturated carbocycles. The number of rotatable bonds is 3. The van der Waals surface area contributed by atoms with Crippen molar-refractivity contribution in [2.45, 2.75) is 6.18 Å². The van der Waals surface area contributed by atoms with E-state index in [4.69, 9.17) is 17.3 Å². The van der Waals surface area contributed by atoms with Gasteiger partial charge in [-0.05, 0) is 29.8 Å². The molecule has 0 spiro atoms. The molecular formula is C14H11ClF3NO. The molecule has 0 aliphatic rings. The molecule has 2 N–H and O–H groups in total. The molecule has 20 heavy (non-hydrogen) atoms. The average molecular weight is 302 g/mol. The van der Waals surface area contributed by atoms with Crippen LogP contribution in [0.1, 0.15) is 0 Å². The van der Waals surface area contributed by atoms with Gasteiger partial charge in [0.05, 0.1) is 0 Å². The van der Waals surface area contributed by atoms with Crippen LogP contribution >= 0.6 is 11.6 Å². The van der Waals surface area contributed by atoms with Gasteiger partial charge in [-0.2, -0.15) is 13.2 Å². The number of alkyl halides is 3. The van der Waals surface area contributed by atoms with E-state index in [-0.39, 0.29) is 5.75 Å². The molecular weight excluding hydrogens is 291 g/mol. The van der Waals surface area contributed by atoms with Crippen molar-refractivity contribution in [3.63, 3.8) is 0 Å². The van der Waals surface area contributed by atoms with E-state index < -0.39 is 12.8 Å². The molecule has 0 saturated heterocycles. The van der Waals surface area contributed by atoms with Gasteiger partial charge in [0.2, 0.25) is 0 Å². The minimum atomic E-state index is -4.37. The van der Waals surface area contributed by atoms with Crippen molar-refractivity contribution in [2.75, 3.05) is 12.3 Å². The molecule has 0 bridgehead atoms. The van der Waals surface area contributed by atoms with E-state index in [1.54, 1.807) is 30.3 Å². The molecule has 6 heteroatoms. The number of benzene rings is 2. The van der Waals surface area contributed by atoms with Gasteiger partial charge in [-0.3, -0.25) is 0 Å². The maximum absolute atomic E-state index is 12.1. The first-order valence-electron chi connectivity index (χ1n) is 5.70. The molecule has 0 heterocycles. The van der Waals surface area contributed by atoms with Crippen molar-refractivity contribution in [3.8, 4) is 16.9 Å². The van der Waals surface area contributed by atoms with E-state index >= 15 is 0 Å². The van der Waals surface area contributed by atoms with Crippen LogP contribution in [0, 0.1) is 0 Å². The lowest BCUT2D eigenvalue weighted by Crippen LogP contribution is -2.19. The van der Waals surface area contributed by atoms with E-state index in [1.807, 2.05) is 0 Å². The Morgan fingerprint density at radius 2 is 1.70 bits per heavy atom. The predicted molar refractivity (Wildman–Crippen MR) is 72.9 cm³/mol. The number of nitrogens with two attached hydrogens (primary N) is 1. The smallest absolute Gasteiger partial charge is 0.422 e. The van der Waals surface area contributed by atoms with Gasteiger partial charge < -0.3 is 10.5 Å². The third-order valence-electron chi connectivity index (χ3n) is 2.58. The van der Waals surface area contributed by atoms with Crippen LogP contribution in [-0.4, -0.2) is 12.8 Å². The van der Waals surface area contributed by atoms with Crippen molar-refractivity contribution in [1.29, 1.82) is 0 Å². The fourth-order valence-corrected chi connectivity index (χ4v) is 1.81. The summed E-state index contributed by atoms with van der Waals surface area (Å²) in [5.74, 6) is 0.0811. The molecule has 0 amide bonds. The zero-order valence-corrected chi connectivity index (χ0v) is 11.0. The van der Waals surface area contributed by atoms with Gasteiger partial charge in [0.25, 0.3) is 0 Å². The summed E-state index contributed by atoms with van der Waals surface area (Å²) in [5.41, 5.74) is 7.71. The van der Waals surface area contributed by atoms with Crippen LogP contribution in [0.3, 0.4) is 0 Å². The van der Waals surface area contributed by atoms with Crippen molar-refractivity contribution in [1.82, 2.24) is 0 Å². The number of hydrogen-bond donors (Lipinski definition) is 1. The van der Waals surface area contributed by atoms with Crippen LogP contribution in [0.25, 0.3) is 11.1 Å². The van der Waals surface area contributed by atoms with E-state index in [0.717, 1.165) is 5.56 Å². The van der Waals surface area contributed by atoms with E-state index in [9.17, 15) is 13.2 Å². The number of anilines is 1. The number of hydrogen-bond acceptors (Lipinski definition) is 2. The highest BCUT2D eigenvalue weighted by Gasteiger charge is 2.28. The Morgan fingerprint density at radius 3 is 2.25 bits per heavy atom.